The fourth-order valence-corrected chi connectivity index (χ4v) is 14.7. The molecule has 6 aromatic rings. The molecule has 0 radical (unpaired) electrons. The van der Waals surface area contributed by atoms with Gasteiger partial charge in [-0.15, -0.1) is 0 Å². The van der Waals surface area contributed by atoms with Gasteiger partial charge in [0.1, 0.15) is 0 Å². The number of benzene rings is 6. The highest BCUT2D eigenvalue weighted by Crippen LogP contribution is 2.68. The summed E-state index contributed by atoms with van der Waals surface area (Å²) >= 11 is 0. The second-order valence-electron chi connectivity index (χ2n) is 22.4. The summed E-state index contributed by atoms with van der Waals surface area (Å²) in [5, 5.41) is 0. The van der Waals surface area contributed by atoms with Crippen LogP contribution in [0.3, 0.4) is 0 Å². The van der Waals surface area contributed by atoms with Crippen molar-refractivity contribution in [3.8, 4) is 33.4 Å². The van der Waals surface area contributed by atoms with Crippen LogP contribution in [0.1, 0.15) is 111 Å². The van der Waals surface area contributed by atoms with Gasteiger partial charge in [0, 0.05) is 17.8 Å². The quantitative estimate of drug-likeness (QED) is 0.0899. The van der Waals surface area contributed by atoms with Crippen molar-refractivity contribution < 1.29 is 0 Å². The van der Waals surface area contributed by atoms with Crippen LogP contribution < -0.4 is 0 Å². The van der Waals surface area contributed by atoms with E-state index < -0.39 is 0 Å². The van der Waals surface area contributed by atoms with Crippen LogP contribution in [0.4, 0.5) is 0 Å². The Balaban J connectivity index is 0.000000282. The molecule has 81 heavy (non-hydrogen) atoms. The van der Waals surface area contributed by atoms with Crippen molar-refractivity contribution in [3.05, 3.63) is 353 Å². The smallest absolute Gasteiger partial charge is 0.0719 e. The Kier molecular flexibility index (Phi) is 15.6. The third-order valence-corrected chi connectivity index (χ3v) is 18.0. The van der Waals surface area contributed by atoms with Crippen molar-refractivity contribution in [3.63, 3.8) is 0 Å². The second kappa shape index (κ2) is 23.3. The van der Waals surface area contributed by atoms with Gasteiger partial charge in [-0.25, -0.2) is 0 Å². The number of hydrogen-bond donors (Lipinski definition) is 0. The number of rotatable bonds is 15. The van der Waals surface area contributed by atoms with Crippen LogP contribution in [-0.4, -0.2) is 0 Å². The molecule has 6 unspecified atom stereocenters. The van der Waals surface area contributed by atoms with Gasteiger partial charge in [-0.2, -0.15) is 0 Å². The number of unbranched alkanes of at least 4 members (excludes halogenated alkanes) is 1. The molecule has 6 aliphatic carbocycles. The molecular formula is C81H76. The lowest BCUT2D eigenvalue weighted by Gasteiger charge is -2.40. The van der Waals surface area contributed by atoms with Gasteiger partial charge in [-0.1, -0.05) is 297 Å². The Labute approximate surface area is 484 Å². The molecule has 0 bridgehead atoms. The van der Waals surface area contributed by atoms with Gasteiger partial charge < -0.3 is 0 Å². The van der Waals surface area contributed by atoms with Crippen LogP contribution in [0.25, 0.3) is 39.5 Å². The molecule has 0 heterocycles. The lowest BCUT2D eigenvalue weighted by Crippen LogP contribution is -2.36. The summed E-state index contributed by atoms with van der Waals surface area (Å²) in [6.07, 6.45) is 45.6. The van der Waals surface area contributed by atoms with Gasteiger partial charge in [0.25, 0.3) is 0 Å². The van der Waals surface area contributed by atoms with Crippen molar-refractivity contribution in [1.82, 2.24) is 0 Å². The van der Waals surface area contributed by atoms with Gasteiger partial charge >= 0.3 is 0 Å². The van der Waals surface area contributed by atoms with Crippen LogP contribution in [0.5, 0.6) is 0 Å². The van der Waals surface area contributed by atoms with Crippen LogP contribution in [-0.2, 0) is 10.8 Å². The summed E-state index contributed by atoms with van der Waals surface area (Å²) in [6.45, 7) is 26.6. The van der Waals surface area contributed by atoms with Gasteiger partial charge in [0.15, 0.2) is 0 Å². The Hall–Kier alpha value is -8.58. The van der Waals surface area contributed by atoms with Gasteiger partial charge in [-0.05, 0) is 161 Å². The maximum absolute atomic E-state index is 3.90. The molecule has 0 nitrogen and oxygen atoms in total. The summed E-state index contributed by atoms with van der Waals surface area (Å²) in [6, 6.07) is 51.6. The highest BCUT2D eigenvalue weighted by molar-refractivity contribution is 5.96. The zero-order valence-electron chi connectivity index (χ0n) is 48.1. The molecule has 0 N–H and O–H groups in total. The molecule has 0 aliphatic heterocycles. The molecule has 0 saturated carbocycles. The van der Waals surface area contributed by atoms with E-state index in [0.717, 1.165) is 48.0 Å². The predicted molar refractivity (Wildman–Crippen MR) is 349 cm³/mol. The van der Waals surface area contributed by atoms with E-state index in [2.05, 4.69) is 260 Å². The highest BCUT2D eigenvalue weighted by Gasteiger charge is 2.59. The van der Waals surface area contributed by atoms with Gasteiger partial charge in [-0.3, -0.25) is 0 Å². The lowest BCUT2D eigenvalue weighted by atomic mass is 9.61. The summed E-state index contributed by atoms with van der Waals surface area (Å²) in [5.74, 6) is 1.32. The number of fused-ring (bicyclic) bond motifs is 16. The maximum atomic E-state index is 3.90. The Morgan fingerprint density at radius 3 is 2.06 bits per heavy atom. The lowest BCUT2D eigenvalue weighted by molar-refractivity contribution is 0.408. The normalized spacial score (nSPS) is 22.2. The number of allylic oxidation sites excluding steroid dienone is 25. The zero-order valence-corrected chi connectivity index (χ0v) is 48.1. The average molecular weight is 1050 g/mol. The number of hydrogen-bond acceptors (Lipinski definition) is 0. The molecule has 400 valence electrons. The van der Waals surface area contributed by atoms with E-state index in [1.165, 1.54) is 83.5 Å². The Morgan fingerprint density at radius 2 is 1.32 bits per heavy atom. The molecule has 0 fully saturated rings. The molecule has 0 aromatic heterocycles. The zero-order chi connectivity index (χ0) is 56.3. The summed E-state index contributed by atoms with van der Waals surface area (Å²) in [4.78, 5) is 0. The fourth-order valence-electron chi connectivity index (χ4n) is 14.7. The van der Waals surface area contributed by atoms with E-state index in [0.29, 0.717) is 17.8 Å². The van der Waals surface area contributed by atoms with Crippen molar-refractivity contribution in [2.75, 3.05) is 0 Å². The van der Waals surface area contributed by atoms with E-state index in [1.807, 2.05) is 37.3 Å². The molecule has 0 saturated heterocycles. The van der Waals surface area contributed by atoms with E-state index in [4.69, 9.17) is 0 Å². The summed E-state index contributed by atoms with van der Waals surface area (Å²) in [5.41, 5.74) is 27.7. The predicted octanol–water partition coefficient (Wildman–Crippen LogP) is 21.5. The van der Waals surface area contributed by atoms with E-state index in [9.17, 15) is 0 Å². The van der Waals surface area contributed by atoms with Crippen molar-refractivity contribution >= 4 is 6.08 Å². The standard InChI is InChI=1S/C60H50.C21H26/c1-4-5-7-22-44-35-43-21-10-13-27-51(43)59(44)52-28-14-11-23-46(52)48-33-31-41(36-55(48)59)39(3)42-32-34-50-56(37-42)60(54-30-17-25-45(57(50)54)40-19-8-6-9-20-40)53-29-15-12-24-47(53)49-26-16-18-38(2)58(49)60;1-7-13-18(11-5)19(12-6)17-21(16-10-4)20(14-8-2)15-9-3/h6-17,19-39,47,53H,4-5,18H2,1-3H3;7-9,11-17H,1-2,5-6,10H2,3-4H3/b22-7-;15-9-,18-13+,19-17+,20-14+,21-16+. The third kappa shape index (κ3) is 9.01. The van der Waals surface area contributed by atoms with Crippen LogP contribution in [0.2, 0.25) is 0 Å². The first-order valence-electron chi connectivity index (χ1n) is 29.5. The first kappa shape index (κ1) is 54.4. The SMILES string of the molecule is C=C/C=C(C=C)/C(C=C)=C/C(=C\CC)C(/C=C\C)=C/C=C.CCC/C=C\C1=Cc2ccccc2C12c1ccccc1-c1ccc(C(C)c3ccc4c(c3)C3(C5=C(C=CCC5C)C5C=CC=CC53)c3cccc(-c5ccccc5)c3-4)cc12. The van der Waals surface area contributed by atoms with E-state index in [1.54, 1.807) is 23.3 Å². The second-order valence-corrected chi connectivity index (χ2v) is 22.4. The largest absolute Gasteiger partial charge is 0.0990 e. The minimum Gasteiger partial charge on any atom is -0.0990 e. The van der Waals surface area contributed by atoms with Crippen molar-refractivity contribution in [2.45, 2.75) is 77.0 Å². The molecule has 6 atom stereocenters. The fraction of sp³-hybridized carbons (Fsp3) is 0.185. The van der Waals surface area contributed by atoms with Crippen molar-refractivity contribution in [2.24, 2.45) is 17.8 Å². The van der Waals surface area contributed by atoms with Gasteiger partial charge in [0.2, 0.25) is 0 Å². The monoisotopic (exact) mass is 1050 g/mol. The van der Waals surface area contributed by atoms with Gasteiger partial charge in [0.05, 0.1) is 10.8 Å². The van der Waals surface area contributed by atoms with E-state index in [-0.39, 0.29) is 16.7 Å². The Morgan fingerprint density at radius 1 is 0.654 bits per heavy atom. The topological polar surface area (TPSA) is 0 Å². The van der Waals surface area contributed by atoms with Crippen LogP contribution in [0.15, 0.2) is 308 Å². The van der Waals surface area contributed by atoms with Crippen molar-refractivity contribution in [1.29, 1.82) is 0 Å². The van der Waals surface area contributed by atoms with E-state index >= 15 is 0 Å². The molecule has 12 rings (SSSR count). The molecule has 2 spiro atoms. The molecular weight excluding hydrogens is 973 g/mol. The van der Waals surface area contributed by atoms with Crippen LogP contribution in [0, 0.1) is 17.8 Å². The minimum absolute atomic E-state index is 0.187. The average Bonchev–Trinajstić information content (AvgIpc) is 4.20. The third-order valence-electron chi connectivity index (χ3n) is 18.0. The maximum Gasteiger partial charge on any atom is 0.0719 e. The first-order chi connectivity index (χ1) is 39.7. The molecule has 6 aromatic carbocycles. The molecule has 0 amide bonds. The summed E-state index contributed by atoms with van der Waals surface area (Å²) < 4.78 is 0. The van der Waals surface area contributed by atoms with Crippen LogP contribution >= 0.6 is 0 Å². The highest BCUT2D eigenvalue weighted by atomic mass is 14.6. The Bertz CT molecular complexity index is 3850. The summed E-state index contributed by atoms with van der Waals surface area (Å²) in [7, 11) is 0. The first-order valence-corrected chi connectivity index (χ1v) is 29.5. The molecule has 6 aliphatic rings. The minimum atomic E-state index is -0.340. The molecule has 0 heteroatoms.